The maximum Gasteiger partial charge on any atom is 0.279 e. The summed E-state index contributed by atoms with van der Waals surface area (Å²) in [5.74, 6) is 0.541. The Hall–Kier alpha value is -0.790. The van der Waals surface area contributed by atoms with Crippen LogP contribution in [0.25, 0.3) is 0 Å². The van der Waals surface area contributed by atoms with Crippen molar-refractivity contribution in [1.29, 1.82) is 0 Å². The van der Waals surface area contributed by atoms with Gasteiger partial charge in [0.15, 0.2) is 0 Å². The molecule has 96 valence electrons. The van der Waals surface area contributed by atoms with Gasteiger partial charge in [-0.05, 0) is 7.05 Å². The fourth-order valence-corrected chi connectivity index (χ4v) is 2.78. The third-order valence-electron chi connectivity index (χ3n) is 2.85. The second kappa shape index (κ2) is 5.70. The Morgan fingerprint density at radius 3 is 3.18 bits per heavy atom. The molecular formula is C10H17N3O3S. The van der Waals surface area contributed by atoms with Crippen LogP contribution in [0.1, 0.15) is 0 Å². The Balaban J connectivity index is 1.88. The lowest BCUT2D eigenvalue weighted by Gasteiger charge is -2.34. The Morgan fingerprint density at radius 1 is 1.71 bits per heavy atom. The predicted molar refractivity (Wildman–Crippen MR) is 65.0 cm³/mol. The zero-order chi connectivity index (χ0) is 12.3. The highest BCUT2D eigenvalue weighted by Gasteiger charge is 2.33. The van der Waals surface area contributed by atoms with Crippen LogP contribution in [0.4, 0.5) is 4.79 Å². The van der Waals surface area contributed by atoms with Crippen LogP contribution >= 0.6 is 11.8 Å². The number of nitrogens with zero attached hydrogens (tertiary/aromatic N) is 1. The van der Waals surface area contributed by atoms with Crippen molar-refractivity contribution in [3.63, 3.8) is 0 Å². The lowest BCUT2D eigenvalue weighted by molar-refractivity contribution is -0.139. The van der Waals surface area contributed by atoms with Crippen molar-refractivity contribution in [2.75, 3.05) is 39.0 Å². The van der Waals surface area contributed by atoms with E-state index >= 15 is 0 Å². The van der Waals surface area contributed by atoms with E-state index in [1.54, 1.807) is 4.90 Å². The summed E-state index contributed by atoms with van der Waals surface area (Å²) in [4.78, 5) is 25.0. The second-order valence-corrected chi connectivity index (χ2v) is 5.12. The number of amides is 2. The van der Waals surface area contributed by atoms with Crippen LogP contribution in [-0.2, 0) is 9.53 Å². The van der Waals surface area contributed by atoms with Crippen molar-refractivity contribution in [2.24, 2.45) is 0 Å². The van der Waals surface area contributed by atoms with Crippen LogP contribution in [0.3, 0.4) is 0 Å². The van der Waals surface area contributed by atoms with Crippen molar-refractivity contribution < 1.29 is 14.3 Å². The maximum absolute atomic E-state index is 12.1. The van der Waals surface area contributed by atoms with Crippen LogP contribution in [0.5, 0.6) is 0 Å². The van der Waals surface area contributed by atoms with Gasteiger partial charge in [-0.1, -0.05) is 11.8 Å². The number of carbonyl (C=O) groups is 2. The fourth-order valence-electron chi connectivity index (χ4n) is 2.01. The number of thioether (sulfide) groups is 1. The van der Waals surface area contributed by atoms with Crippen molar-refractivity contribution in [2.45, 2.75) is 12.1 Å². The van der Waals surface area contributed by atoms with E-state index in [4.69, 9.17) is 4.74 Å². The smallest absolute Gasteiger partial charge is 0.279 e. The van der Waals surface area contributed by atoms with Crippen LogP contribution in [0.2, 0.25) is 0 Å². The van der Waals surface area contributed by atoms with Crippen LogP contribution in [0.15, 0.2) is 0 Å². The van der Waals surface area contributed by atoms with Crippen LogP contribution in [0, 0.1) is 0 Å². The molecule has 6 nitrogen and oxygen atoms in total. The number of ether oxygens (including phenoxy) is 1. The first kappa shape index (κ1) is 12.7. The SMILES string of the molecule is CNCC1CN(C(=O)C2CSC(=O)N2)CCO1. The summed E-state index contributed by atoms with van der Waals surface area (Å²) < 4.78 is 5.53. The summed E-state index contributed by atoms with van der Waals surface area (Å²) in [6.07, 6.45) is 0.0439. The van der Waals surface area contributed by atoms with E-state index in [1.165, 1.54) is 11.8 Å². The number of hydrogen-bond acceptors (Lipinski definition) is 5. The largest absolute Gasteiger partial charge is 0.373 e. The minimum atomic E-state index is -0.360. The molecule has 0 radical (unpaired) electrons. The second-order valence-electron chi connectivity index (χ2n) is 4.13. The van der Waals surface area contributed by atoms with Gasteiger partial charge in [-0.25, -0.2) is 0 Å². The summed E-state index contributed by atoms with van der Waals surface area (Å²) >= 11 is 1.17. The van der Waals surface area contributed by atoms with E-state index in [-0.39, 0.29) is 23.3 Å². The maximum atomic E-state index is 12.1. The molecule has 2 aliphatic heterocycles. The molecule has 0 bridgehead atoms. The number of nitrogens with one attached hydrogen (secondary N) is 2. The van der Waals surface area contributed by atoms with Gasteiger partial charge in [0.2, 0.25) is 5.91 Å². The van der Waals surface area contributed by atoms with Gasteiger partial charge in [-0.3, -0.25) is 9.59 Å². The van der Waals surface area contributed by atoms with Gasteiger partial charge in [0, 0.05) is 25.4 Å². The van der Waals surface area contributed by atoms with Gasteiger partial charge in [-0.2, -0.15) is 0 Å². The molecule has 0 saturated carbocycles. The minimum absolute atomic E-state index is 0.00718. The highest BCUT2D eigenvalue weighted by atomic mass is 32.2. The van der Waals surface area contributed by atoms with Gasteiger partial charge in [0.25, 0.3) is 5.24 Å². The standard InChI is InChI=1S/C10H17N3O3S/c1-11-4-7-5-13(2-3-16-7)9(14)8-6-17-10(15)12-8/h7-8,11H,2-6H2,1H3,(H,12,15). The number of carbonyl (C=O) groups excluding carboxylic acids is 2. The average molecular weight is 259 g/mol. The molecule has 2 amide bonds. The van der Waals surface area contributed by atoms with Crippen molar-refractivity contribution in [3.05, 3.63) is 0 Å². The Kier molecular flexibility index (Phi) is 4.25. The predicted octanol–water partition coefficient (Wildman–Crippen LogP) is -0.742. The number of morpholine rings is 1. The molecule has 0 aromatic rings. The summed E-state index contributed by atoms with van der Waals surface area (Å²) in [5, 5.41) is 5.60. The quantitative estimate of drug-likeness (QED) is 0.698. The first-order valence-corrected chi connectivity index (χ1v) is 6.67. The van der Waals surface area contributed by atoms with Gasteiger partial charge in [0.05, 0.1) is 12.7 Å². The molecule has 2 atom stereocenters. The zero-order valence-electron chi connectivity index (χ0n) is 9.77. The molecule has 17 heavy (non-hydrogen) atoms. The lowest BCUT2D eigenvalue weighted by atomic mass is 10.2. The molecule has 2 rings (SSSR count). The van der Waals surface area contributed by atoms with Gasteiger partial charge in [0.1, 0.15) is 6.04 Å². The molecular weight excluding hydrogens is 242 g/mol. The fraction of sp³-hybridized carbons (Fsp3) is 0.800. The molecule has 2 N–H and O–H groups in total. The zero-order valence-corrected chi connectivity index (χ0v) is 10.6. The Morgan fingerprint density at radius 2 is 2.53 bits per heavy atom. The topological polar surface area (TPSA) is 70.7 Å². The van der Waals surface area contributed by atoms with Crippen molar-refractivity contribution in [3.8, 4) is 0 Å². The summed E-state index contributed by atoms with van der Waals surface area (Å²) in [6.45, 7) is 2.49. The number of rotatable bonds is 3. The van der Waals surface area contributed by atoms with E-state index < -0.39 is 0 Å². The molecule has 0 aliphatic carbocycles. The highest BCUT2D eigenvalue weighted by Crippen LogP contribution is 2.16. The molecule has 0 spiro atoms. The lowest BCUT2D eigenvalue weighted by Crippen LogP contribution is -2.53. The molecule has 2 saturated heterocycles. The minimum Gasteiger partial charge on any atom is -0.373 e. The number of hydrogen-bond donors (Lipinski definition) is 2. The van der Waals surface area contributed by atoms with Gasteiger partial charge < -0.3 is 20.3 Å². The first-order chi connectivity index (χ1) is 8.20. The highest BCUT2D eigenvalue weighted by molar-refractivity contribution is 8.14. The third kappa shape index (κ3) is 3.11. The molecule has 2 unspecified atom stereocenters. The molecule has 2 heterocycles. The Labute approximate surface area is 104 Å². The van der Waals surface area contributed by atoms with E-state index in [0.717, 1.165) is 6.54 Å². The summed E-state index contributed by atoms with van der Waals surface area (Å²) in [7, 11) is 1.86. The van der Waals surface area contributed by atoms with Gasteiger partial charge >= 0.3 is 0 Å². The monoisotopic (exact) mass is 259 g/mol. The third-order valence-corrected chi connectivity index (χ3v) is 3.73. The molecule has 2 fully saturated rings. The van der Waals surface area contributed by atoms with Crippen LogP contribution < -0.4 is 10.6 Å². The number of likely N-dealkylation sites (N-methyl/N-ethyl adjacent to an activating group) is 1. The van der Waals surface area contributed by atoms with E-state index in [2.05, 4.69) is 10.6 Å². The molecule has 0 aromatic heterocycles. The van der Waals surface area contributed by atoms with E-state index in [9.17, 15) is 9.59 Å². The average Bonchev–Trinajstić information content (AvgIpc) is 2.76. The normalized spacial score (nSPS) is 29.2. The van der Waals surface area contributed by atoms with Gasteiger partial charge in [-0.15, -0.1) is 0 Å². The van der Waals surface area contributed by atoms with E-state index in [1.807, 2.05) is 7.05 Å². The summed E-state index contributed by atoms with van der Waals surface area (Å²) in [6, 6.07) is -0.360. The summed E-state index contributed by atoms with van der Waals surface area (Å²) in [5.41, 5.74) is 0. The molecule has 0 aromatic carbocycles. The van der Waals surface area contributed by atoms with Crippen molar-refractivity contribution in [1.82, 2.24) is 15.5 Å². The van der Waals surface area contributed by atoms with Crippen LogP contribution in [-0.4, -0.2) is 67.2 Å². The van der Waals surface area contributed by atoms with Crippen molar-refractivity contribution >= 4 is 22.9 Å². The van der Waals surface area contributed by atoms with E-state index in [0.29, 0.717) is 25.4 Å². The first-order valence-electron chi connectivity index (χ1n) is 5.69. The molecule has 7 heteroatoms. The molecule has 2 aliphatic rings. The Bertz CT molecular complexity index is 311.